The summed E-state index contributed by atoms with van der Waals surface area (Å²) in [4.78, 5) is 14.9. The van der Waals surface area contributed by atoms with E-state index in [4.69, 9.17) is 10.2 Å². The van der Waals surface area contributed by atoms with Gasteiger partial charge in [0.05, 0.1) is 12.8 Å². The minimum atomic E-state index is -1.73. The summed E-state index contributed by atoms with van der Waals surface area (Å²) >= 11 is 0. The molecule has 0 fully saturated rings. The van der Waals surface area contributed by atoms with Gasteiger partial charge in [-0.25, -0.2) is 0 Å². The second-order valence-corrected chi connectivity index (χ2v) is 3.45. The molecule has 0 bridgehead atoms. The van der Waals surface area contributed by atoms with E-state index in [-0.39, 0.29) is 12.4 Å². The lowest BCUT2D eigenvalue weighted by atomic mass is 10.0. The van der Waals surface area contributed by atoms with Gasteiger partial charge in [-0.2, -0.15) is 0 Å². The van der Waals surface area contributed by atoms with E-state index < -0.39 is 31.0 Å². The van der Waals surface area contributed by atoms with E-state index >= 15 is 0 Å². The van der Waals surface area contributed by atoms with Crippen LogP contribution in [0.2, 0.25) is 0 Å². The van der Waals surface area contributed by atoms with Gasteiger partial charge in [0.15, 0.2) is 12.4 Å². The molecule has 5 N–H and O–H groups in total. The molecule has 0 aliphatic rings. The maximum Gasteiger partial charge on any atom is 0.174 e. The molecule has 4 atom stereocenters. The number of hydrogen-bond acceptors (Lipinski definition) is 8. The van der Waals surface area contributed by atoms with Gasteiger partial charge in [-0.15, -0.1) is 0 Å². The number of nitrogens with zero attached hydrogens (tertiary/aromatic N) is 1. The van der Waals surface area contributed by atoms with Gasteiger partial charge in [-0.05, 0) is 6.92 Å². The third-order valence-electron chi connectivity index (χ3n) is 1.84. The second kappa shape index (κ2) is 8.09. The van der Waals surface area contributed by atoms with Crippen LogP contribution < -0.4 is 0 Å². The normalized spacial score (nSPS) is 18.7. The Bertz CT molecular complexity index is 258. The van der Waals surface area contributed by atoms with Gasteiger partial charge in [-0.1, -0.05) is 5.16 Å². The average Bonchev–Trinajstić information content (AvgIpc) is 2.31. The Morgan fingerprint density at radius 3 is 2.35 bits per heavy atom. The predicted molar refractivity (Wildman–Crippen MR) is 56.2 cm³/mol. The largest absolute Gasteiger partial charge is 0.394 e. The van der Waals surface area contributed by atoms with E-state index in [0.29, 0.717) is 0 Å². The number of carbonyl (C=O) groups excluding carboxylic acids is 1. The molecule has 0 aromatic rings. The van der Waals surface area contributed by atoms with Gasteiger partial charge in [-0.3, -0.25) is 4.79 Å². The van der Waals surface area contributed by atoms with Crippen LogP contribution in [0.15, 0.2) is 5.16 Å². The summed E-state index contributed by atoms with van der Waals surface area (Å²) in [6, 6.07) is 0. The second-order valence-electron chi connectivity index (χ2n) is 3.45. The monoisotopic (exact) mass is 251 g/mol. The molecule has 0 amide bonds. The molecule has 0 aliphatic heterocycles. The molecule has 17 heavy (non-hydrogen) atoms. The molecule has 0 saturated carbocycles. The number of ketones is 1. The van der Waals surface area contributed by atoms with Gasteiger partial charge < -0.3 is 30.4 Å². The lowest BCUT2D eigenvalue weighted by molar-refractivity contribution is -0.121. The predicted octanol–water partition coefficient (Wildman–Crippen LogP) is -2.99. The first-order valence-corrected chi connectivity index (χ1v) is 4.88. The Balaban J connectivity index is 4.12. The topological polar surface area (TPSA) is 140 Å². The van der Waals surface area contributed by atoms with Crippen molar-refractivity contribution in [2.45, 2.75) is 31.3 Å². The molecule has 8 heteroatoms. The third kappa shape index (κ3) is 6.29. The molecule has 100 valence electrons. The first kappa shape index (κ1) is 15.9. The number of carbonyl (C=O) groups is 1. The zero-order chi connectivity index (χ0) is 13.4. The van der Waals surface area contributed by atoms with Crippen molar-refractivity contribution < 1.29 is 35.2 Å². The Kier molecular flexibility index (Phi) is 7.59. The first-order chi connectivity index (χ1) is 7.90. The number of Topliss-reactive ketones (excluding diaryl/α,β-unsaturated/α-hetero) is 1. The first-order valence-electron chi connectivity index (χ1n) is 4.88. The van der Waals surface area contributed by atoms with Crippen LogP contribution in [0, 0.1) is 0 Å². The van der Waals surface area contributed by atoms with Crippen molar-refractivity contribution in [3.63, 3.8) is 0 Å². The van der Waals surface area contributed by atoms with Crippen LogP contribution in [0.3, 0.4) is 0 Å². The van der Waals surface area contributed by atoms with Gasteiger partial charge in [0.1, 0.15) is 24.4 Å². The Hall–Kier alpha value is -1.06. The van der Waals surface area contributed by atoms with Crippen molar-refractivity contribution in [2.75, 3.05) is 13.2 Å². The number of hydrogen-bond donors (Lipinski definition) is 5. The smallest absolute Gasteiger partial charge is 0.174 e. The van der Waals surface area contributed by atoms with Crippen molar-refractivity contribution >= 4 is 12.0 Å². The van der Waals surface area contributed by atoms with Crippen LogP contribution in [0.4, 0.5) is 0 Å². The summed E-state index contributed by atoms with van der Waals surface area (Å²) in [5.74, 6) is -0.270. The van der Waals surface area contributed by atoms with Gasteiger partial charge in [0.25, 0.3) is 0 Å². The van der Waals surface area contributed by atoms with E-state index in [9.17, 15) is 20.1 Å². The van der Waals surface area contributed by atoms with E-state index in [1.54, 1.807) is 0 Å². The highest BCUT2D eigenvalue weighted by Crippen LogP contribution is 2.03. The molecular formula is C9H17NO7. The molecule has 0 radical (unpaired) electrons. The van der Waals surface area contributed by atoms with Crippen LogP contribution >= 0.6 is 0 Å². The fraction of sp³-hybridized carbons (Fsp3) is 0.778. The standard InChI is InChI=1S/C9H17NO7/c1-5(12)4-17-10-2-6(13)8(15)9(16)7(14)3-11/h2,6-9,11,13-16H,3-4H2,1H3/b10-2+/t6-,7?,8-,9-/m1/s1. The quantitative estimate of drug-likeness (QED) is 0.229. The van der Waals surface area contributed by atoms with Crippen LogP contribution in [0.5, 0.6) is 0 Å². The summed E-state index contributed by atoms with van der Waals surface area (Å²) in [6.07, 6.45) is -5.87. The summed E-state index contributed by atoms with van der Waals surface area (Å²) in [5.41, 5.74) is 0. The van der Waals surface area contributed by atoms with E-state index in [1.807, 2.05) is 0 Å². The van der Waals surface area contributed by atoms with Crippen molar-refractivity contribution in [3.8, 4) is 0 Å². The Labute approximate surface area is 97.8 Å². The summed E-state index contributed by atoms with van der Waals surface area (Å²) in [5, 5.41) is 48.5. The highest BCUT2D eigenvalue weighted by Gasteiger charge is 2.29. The summed E-state index contributed by atoms with van der Waals surface area (Å²) < 4.78 is 0. The zero-order valence-corrected chi connectivity index (χ0v) is 9.30. The van der Waals surface area contributed by atoms with Crippen LogP contribution in [0.25, 0.3) is 0 Å². The molecule has 0 aliphatic carbocycles. The fourth-order valence-corrected chi connectivity index (χ4v) is 0.859. The minimum Gasteiger partial charge on any atom is -0.394 e. The lowest BCUT2D eigenvalue weighted by Crippen LogP contribution is -2.46. The molecular weight excluding hydrogens is 234 g/mol. The number of oxime groups is 1. The molecule has 0 aromatic carbocycles. The van der Waals surface area contributed by atoms with Crippen molar-refractivity contribution in [3.05, 3.63) is 0 Å². The maximum atomic E-state index is 10.4. The molecule has 0 saturated heterocycles. The van der Waals surface area contributed by atoms with E-state index in [2.05, 4.69) is 9.99 Å². The lowest BCUT2D eigenvalue weighted by Gasteiger charge is -2.23. The van der Waals surface area contributed by atoms with Crippen LogP contribution in [-0.4, -0.2) is 75.2 Å². The van der Waals surface area contributed by atoms with Gasteiger partial charge in [0, 0.05) is 0 Å². The molecule has 0 heterocycles. The Morgan fingerprint density at radius 1 is 1.29 bits per heavy atom. The molecule has 0 spiro atoms. The van der Waals surface area contributed by atoms with Crippen LogP contribution in [-0.2, 0) is 9.63 Å². The van der Waals surface area contributed by atoms with Crippen molar-refractivity contribution in [2.24, 2.45) is 5.16 Å². The van der Waals surface area contributed by atoms with Crippen molar-refractivity contribution in [1.29, 1.82) is 0 Å². The van der Waals surface area contributed by atoms with Crippen molar-refractivity contribution in [1.82, 2.24) is 0 Å². The Morgan fingerprint density at radius 2 is 1.88 bits per heavy atom. The average molecular weight is 251 g/mol. The highest BCUT2D eigenvalue weighted by molar-refractivity contribution is 5.76. The minimum absolute atomic E-state index is 0.270. The van der Waals surface area contributed by atoms with E-state index in [0.717, 1.165) is 6.21 Å². The van der Waals surface area contributed by atoms with Gasteiger partial charge >= 0.3 is 0 Å². The third-order valence-corrected chi connectivity index (χ3v) is 1.84. The molecule has 1 unspecified atom stereocenters. The number of aliphatic hydroxyl groups is 5. The zero-order valence-electron chi connectivity index (χ0n) is 9.30. The summed E-state index contributed by atoms with van der Waals surface area (Å²) in [6.45, 7) is 0.242. The maximum absolute atomic E-state index is 10.4. The molecule has 0 rings (SSSR count). The molecule has 0 aromatic heterocycles. The van der Waals surface area contributed by atoms with Crippen LogP contribution in [0.1, 0.15) is 6.92 Å². The number of aliphatic hydroxyl groups excluding tert-OH is 5. The van der Waals surface area contributed by atoms with Gasteiger partial charge in [0.2, 0.25) is 0 Å². The van der Waals surface area contributed by atoms with E-state index in [1.165, 1.54) is 6.92 Å². The fourth-order valence-electron chi connectivity index (χ4n) is 0.859. The SMILES string of the molecule is CC(=O)CO/N=C/[C@@H](O)[C@@H](O)[C@H](O)C(O)CO. The highest BCUT2D eigenvalue weighted by atomic mass is 16.6. The summed E-state index contributed by atoms with van der Waals surface area (Å²) in [7, 11) is 0. The number of rotatable bonds is 8. The molecule has 8 nitrogen and oxygen atoms in total.